The van der Waals surface area contributed by atoms with Crippen LogP contribution >= 0.6 is 0 Å². The van der Waals surface area contributed by atoms with Crippen LogP contribution in [0.15, 0.2) is 0 Å². The molecule has 120 valence electrons. The molecular formula is C17H30N2O2. The second kappa shape index (κ2) is 7.10. The van der Waals surface area contributed by atoms with Gasteiger partial charge in [0, 0.05) is 25.6 Å². The number of amides is 1. The molecule has 2 aliphatic carbocycles. The highest BCUT2D eigenvalue weighted by Gasteiger charge is 2.37. The minimum atomic E-state index is 0.413. The van der Waals surface area contributed by atoms with Crippen molar-refractivity contribution < 1.29 is 9.53 Å². The Morgan fingerprint density at radius 3 is 2.48 bits per heavy atom. The van der Waals surface area contributed by atoms with E-state index in [4.69, 9.17) is 4.74 Å². The molecule has 0 aromatic heterocycles. The lowest BCUT2D eigenvalue weighted by atomic mass is 9.79. The van der Waals surface area contributed by atoms with Crippen molar-refractivity contribution in [2.45, 2.75) is 64.0 Å². The first-order valence-corrected chi connectivity index (χ1v) is 8.88. The van der Waals surface area contributed by atoms with Crippen molar-refractivity contribution in [3.05, 3.63) is 0 Å². The summed E-state index contributed by atoms with van der Waals surface area (Å²) in [6, 6.07) is 0.565. The molecule has 1 N–H and O–H groups in total. The van der Waals surface area contributed by atoms with Gasteiger partial charge >= 0.3 is 0 Å². The van der Waals surface area contributed by atoms with Crippen LogP contribution < -0.4 is 5.32 Å². The fraction of sp³-hybridized carbons (Fsp3) is 0.941. The van der Waals surface area contributed by atoms with Crippen LogP contribution in [-0.4, -0.2) is 49.2 Å². The van der Waals surface area contributed by atoms with Gasteiger partial charge in [-0.05, 0) is 70.4 Å². The summed E-state index contributed by atoms with van der Waals surface area (Å²) < 4.78 is 5.60. The summed E-state index contributed by atoms with van der Waals surface area (Å²) in [5.41, 5.74) is 0. The summed E-state index contributed by atoms with van der Waals surface area (Å²) in [7, 11) is 0. The largest absolute Gasteiger partial charge is 0.378 e. The first kappa shape index (κ1) is 15.3. The molecule has 0 spiro atoms. The SMILES string of the molecule is CCOC1CC(CC(=O)N(CC2CCNCC2)C2CC2)C1. The van der Waals surface area contributed by atoms with Crippen LogP contribution in [0, 0.1) is 11.8 Å². The number of nitrogens with one attached hydrogen (secondary N) is 1. The average molecular weight is 294 g/mol. The summed E-state index contributed by atoms with van der Waals surface area (Å²) in [5, 5.41) is 3.41. The lowest BCUT2D eigenvalue weighted by Gasteiger charge is -2.37. The van der Waals surface area contributed by atoms with Crippen LogP contribution in [0.4, 0.5) is 0 Å². The van der Waals surface area contributed by atoms with Gasteiger partial charge in [0.1, 0.15) is 0 Å². The standard InChI is InChI=1S/C17H30N2O2/c1-2-21-16-9-14(10-16)11-17(20)19(15-3-4-15)12-13-5-7-18-8-6-13/h13-16,18H,2-12H2,1H3. The zero-order valence-electron chi connectivity index (χ0n) is 13.4. The first-order valence-electron chi connectivity index (χ1n) is 8.88. The molecule has 3 rings (SSSR count). The highest BCUT2D eigenvalue weighted by molar-refractivity contribution is 5.77. The van der Waals surface area contributed by atoms with Crippen molar-refractivity contribution in [2.75, 3.05) is 26.2 Å². The number of hydrogen-bond acceptors (Lipinski definition) is 3. The Bertz CT molecular complexity index is 345. The average Bonchev–Trinajstić information content (AvgIpc) is 3.28. The quantitative estimate of drug-likeness (QED) is 0.782. The van der Waals surface area contributed by atoms with E-state index in [9.17, 15) is 4.79 Å². The third kappa shape index (κ3) is 4.19. The predicted octanol–water partition coefficient (Wildman–Crippen LogP) is 2.18. The van der Waals surface area contributed by atoms with Crippen molar-refractivity contribution in [3.63, 3.8) is 0 Å². The van der Waals surface area contributed by atoms with Gasteiger partial charge in [0.2, 0.25) is 5.91 Å². The number of hydrogen-bond donors (Lipinski definition) is 1. The molecule has 4 heteroatoms. The molecule has 4 nitrogen and oxygen atoms in total. The number of carbonyl (C=O) groups is 1. The van der Waals surface area contributed by atoms with E-state index >= 15 is 0 Å². The topological polar surface area (TPSA) is 41.6 Å². The highest BCUT2D eigenvalue weighted by Crippen LogP contribution is 2.35. The fourth-order valence-electron chi connectivity index (χ4n) is 3.76. The Morgan fingerprint density at radius 2 is 1.86 bits per heavy atom. The molecular weight excluding hydrogens is 264 g/mol. The lowest BCUT2D eigenvalue weighted by Crippen LogP contribution is -2.42. The van der Waals surface area contributed by atoms with E-state index in [2.05, 4.69) is 10.2 Å². The van der Waals surface area contributed by atoms with Crippen LogP contribution in [0.25, 0.3) is 0 Å². The molecule has 2 saturated carbocycles. The van der Waals surface area contributed by atoms with E-state index in [0.717, 1.165) is 45.5 Å². The summed E-state index contributed by atoms with van der Waals surface area (Å²) >= 11 is 0. The summed E-state index contributed by atoms with van der Waals surface area (Å²) in [5.74, 6) is 1.70. The van der Waals surface area contributed by atoms with Crippen LogP contribution in [0.2, 0.25) is 0 Å². The summed E-state index contributed by atoms with van der Waals surface area (Å²) in [4.78, 5) is 14.9. The maximum absolute atomic E-state index is 12.6. The van der Waals surface area contributed by atoms with Crippen molar-refractivity contribution in [1.82, 2.24) is 10.2 Å². The van der Waals surface area contributed by atoms with E-state index in [1.807, 2.05) is 6.92 Å². The third-order valence-corrected chi connectivity index (χ3v) is 5.28. The zero-order valence-corrected chi connectivity index (χ0v) is 13.4. The molecule has 0 aromatic carbocycles. The van der Waals surface area contributed by atoms with E-state index in [1.165, 1.54) is 25.7 Å². The number of carbonyl (C=O) groups excluding carboxylic acids is 1. The number of rotatable bonds is 7. The van der Waals surface area contributed by atoms with Crippen LogP contribution in [-0.2, 0) is 9.53 Å². The first-order chi connectivity index (χ1) is 10.3. The van der Waals surface area contributed by atoms with Crippen molar-refractivity contribution >= 4 is 5.91 Å². The maximum Gasteiger partial charge on any atom is 0.223 e. The summed E-state index contributed by atoms with van der Waals surface area (Å²) in [6.07, 6.45) is 8.26. The molecule has 0 atom stereocenters. The van der Waals surface area contributed by atoms with Gasteiger partial charge in [-0.2, -0.15) is 0 Å². The Hall–Kier alpha value is -0.610. The molecule has 1 heterocycles. The Balaban J connectivity index is 1.44. The summed E-state index contributed by atoms with van der Waals surface area (Å²) in [6.45, 7) is 6.10. The third-order valence-electron chi connectivity index (χ3n) is 5.28. The molecule has 3 aliphatic rings. The smallest absolute Gasteiger partial charge is 0.223 e. The van der Waals surface area contributed by atoms with Gasteiger partial charge in [-0.25, -0.2) is 0 Å². The molecule has 3 fully saturated rings. The second-order valence-electron chi connectivity index (χ2n) is 7.09. The number of ether oxygens (including phenoxy) is 1. The molecule has 0 unspecified atom stereocenters. The number of nitrogens with zero attached hydrogens (tertiary/aromatic N) is 1. The van der Waals surface area contributed by atoms with Crippen molar-refractivity contribution in [2.24, 2.45) is 11.8 Å². The van der Waals surface area contributed by atoms with Crippen molar-refractivity contribution in [3.8, 4) is 0 Å². The van der Waals surface area contributed by atoms with E-state index < -0.39 is 0 Å². The molecule has 0 radical (unpaired) electrons. The normalized spacial score (nSPS) is 30.0. The van der Waals surface area contributed by atoms with Crippen LogP contribution in [0.1, 0.15) is 51.9 Å². The minimum absolute atomic E-state index is 0.413. The van der Waals surface area contributed by atoms with Crippen LogP contribution in [0.5, 0.6) is 0 Å². The fourth-order valence-corrected chi connectivity index (χ4v) is 3.76. The van der Waals surface area contributed by atoms with Crippen LogP contribution in [0.3, 0.4) is 0 Å². The molecule has 1 amide bonds. The highest BCUT2D eigenvalue weighted by atomic mass is 16.5. The lowest BCUT2D eigenvalue weighted by molar-refractivity contribution is -0.135. The monoisotopic (exact) mass is 294 g/mol. The Labute approximate surface area is 128 Å². The van der Waals surface area contributed by atoms with Crippen molar-refractivity contribution in [1.29, 1.82) is 0 Å². The van der Waals surface area contributed by atoms with Gasteiger partial charge in [-0.15, -0.1) is 0 Å². The second-order valence-corrected chi connectivity index (χ2v) is 7.09. The molecule has 1 aliphatic heterocycles. The van der Waals surface area contributed by atoms with Gasteiger partial charge in [0.05, 0.1) is 6.10 Å². The van der Waals surface area contributed by atoms with E-state index in [-0.39, 0.29) is 0 Å². The predicted molar refractivity (Wildman–Crippen MR) is 83.1 cm³/mol. The Kier molecular flexibility index (Phi) is 5.17. The minimum Gasteiger partial charge on any atom is -0.378 e. The van der Waals surface area contributed by atoms with Gasteiger partial charge in [0.15, 0.2) is 0 Å². The van der Waals surface area contributed by atoms with Gasteiger partial charge in [-0.3, -0.25) is 4.79 Å². The van der Waals surface area contributed by atoms with Gasteiger partial charge in [0.25, 0.3) is 0 Å². The molecule has 1 saturated heterocycles. The van der Waals surface area contributed by atoms with Gasteiger partial charge in [-0.1, -0.05) is 0 Å². The van der Waals surface area contributed by atoms with E-state index in [0.29, 0.717) is 29.9 Å². The maximum atomic E-state index is 12.6. The zero-order chi connectivity index (χ0) is 14.7. The number of piperidine rings is 1. The van der Waals surface area contributed by atoms with Gasteiger partial charge < -0.3 is 15.0 Å². The molecule has 0 bridgehead atoms. The van der Waals surface area contributed by atoms with E-state index in [1.54, 1.807) is 0 Å². The molecule has 21 heavy (non-hydrogen) atoms. The molecule has 0 aromatic rings. The Morgan fingerprint density at radius 1 is 1.14 bits per heavy atom.